The Bertz CT molecular complexity index is 429. The first-order valence-corrected chi connectivity index (χ1v) is 6.49. The molecule has 0 spiro atoms. The third kappa shape index (κ3) is 6.78. The van der Waals surface area contributed by atoms with Gasteiger partial charge in [-0.15, -0.1) is 23.7 Å². The van der Waals surface area contributed by atoms with E-state index in [2.05, 4.69) is 10.6 Å². The van der Waals surface area contributed by atoms with Crippen molar-refractivity contribution >= 4 is 35.6 Å². The van der Waals surface area contributed by atoms with Crippen molar-refractivity contribution in [3.63, 3.8) is 0 Å². The summed E-state index contributed by atoms with van der Waals surface area (Å²) in [5.41, 5.74) is 4.83. The van der Waals surface area contributed by atoms with Gasteiger partial charge in [-0.05, 0) is 11.4 Å². The number of hydrogen-bond acceptors (Lipinski definition) is 4. The Morgan fingerprint density at radius 3 is 2.60 bits per heavy atom. The Morgan fingerprint density at radius 1 is 1.35 bits per heavy atom. The van der Waals surface area contributed by atoms with Gasteiger partial charge in [0.1, 0.15) is 0 Å². The highest BCUT2D eigenvalue weighted by molar-refractivity contribution is 7.12. The molecule has 0 fully saturated rings. The molecule has 5 nitrogen and oxygen atoms in total. The maximum Gasteiger partial charge on any atom is 0.277 e. The molecule has 0 saturated carbocycles. The van der Waals surface area contributed by atoms with Crippen molar-refractivity contribution in [2.45, 2.75) is 12.3 Å². The van der Waals surface area contributed by atoms with Gasteiger partial charge in [0.05, 0.1) is 18.0 Å². The van der Waals surface area contributed by atoms with E-state index < -0.39 is 24.9 Å². The zero-order valence-electron chi connectivity index (χ0n) is 10.5. The third-order valence-electron chi connectivity index (χ3n) is 2.23. The third-order valence-corrected chi connectivity index (χ3v) is 3.09. The minimum absolute atomic E-state index is 0. The van der Waals surface area contributed by atoms with Crippen molar-refractivity contribution in [1.82, 2.24) is 10.6 Å². The molecule has 114 valence electrons. The minimum atomic E-state index is -3.10. The van der Waals surface area contributed by atoms with Crippen molar-refractivity contribution in [1.29, 1.82) is 0 Å². The Kier molecular flexibility index (Phi) is 8.28. The Labute approximate surface area is 125 Å². The highest BCUT2D eigenvalue weighted by atomic mass is 35.5. The molecule has 0 atom stereocenters. The van der Waals surface area contributed by atoms with E-state index in [1.165, 1.54) is 11.3 Å². The molecule has 9 heteroatoms. The zero-order valence-corrected chi connectivity index (χ0v) is 12.2. The van der Waals surface area contributed by atoms with Gasteiger partial charge in [0.25, 0.3) is 11.8 Å². The fraction of sp³-hybridized carbons (Fsp3) is 0.455. The molecule has 0 aliphatic rings. The summed E-state index contributed by atoms with van der Waals surface area (Å²) in [6.07, 6.45) is -0.0578. The van der Waals surface area contributed by atoms with E-state index in [0.717, 1.165) is 0 Å². The molecule has 1 rings (SSSR count). The first-order chi connectivity index (χ1) is 8.94. The summed E-state index contributed by atoms with van der Waals surface area (Å²) in [5.74, 6) is -3.94. The van der Waals surface area contributed by atoms with Gasteiger partial charge in [-0.1, -0.05) is 6.07 Å². The van der Waals surface area contributed by atoms with E-state index in [-0.39, 0.29) is 31.3 Å². The summed E-state index contributed by atoms with van der Waals surface area (Å²) < 4.78 is 25.5. The van der Waals surface area contributed by atoms with Crippen molar-refractivity contribution in [2.24, 2.45) is 5.73 Å². The number of carbonyl (C=O) groups is 2. The van der Waals surface area contributed by atoms with Crippen LogP contribution in [0.2, 0.25) is 0 Å². The molecule has 0 aliphatic carbocycles. The number of hydrogen-bond donors (Lipinski definition) is 3. The van der Waals surface area contributed by atoms with Crippen LogP contribution in [-0.2, 0) is 4.79 Å². The van der Waals surface area contributed by atoms with Crippen molar-refractivity contribution in [3.8, 4) is 0 Å². The molecule has 20 heavy (non-hydrogen) atoms. The van der Waals surface area contributed by atoms with Gasteiger partial charge in [0.2, 0.25) is 5.91 Å². The first-order valence-electron chi connectivity index (χ1n) is 5.61. The van der Waals surface area contributed by atoms with Crippen LogP contribution >= 0.6 is 23.7 Å². The normalized spacial score (nSPS) is 10.6. The number of rotatable bonds is 7. The Hall–Kier alpha value is -1.25. The number of thiophene rings is 1. The van der Waals surface area contributed by atoms with E-state index in [4.69, 9.17) is 5.73 Å². The summed E-state index contributed by atoms with van der Waals surface area (Å²) in [5, 5.41) is 6.35. The molecule has 0 unspecified atom stereocenters. The standard InChI is InChI=1S/C11H15F2N3O2S.ClH/c12-11(13,6-14)7-16-9(17)3-4-15-10(18)8-2-1-5-19-8;/h1-2,5H,3-4,6-7,14H2,(H,15,18)(H,16,17);1H. The predicted molar refractivity (Wildman–Crippen MR) is 75.5 cm³/mol. The van der Waals surface area contributed by atoms with Crippen LogP contribution in [0.3, 0.4) is 0 Å². The molecule has 0 radical (unpaired) electrons. The van der Waals surface area contributed by atoms with E-state index >= 15 is 0 Å². The molecule has 1 heterocycles. The van der Waals surface area contributed by atoms with Gasteiger partial charge in [-0.25, -0.2) is 8.78 Å². The van der Waals surface area contributed by atoms with E-state index in [1.807, 2.05) is 0 Å². The number of carbonyl (C=O) groups excluding carboxylic acids is 2. The fourth-order valence-corrected chi connectivity index (χ4v) is 1.81. The second-order valence-corrected chi connectivity index (χ2v) is 4.77. The Balaban J connectivity index is 0.00000361. The summed E-state index contributed by atoms with van der Waals surface area (Å²) in [6, 6.07) is 3.39. The largest absolute Gasteiger partial charge is 0.351 e. The summed E-state index contributed by atoms with van der Waals surface area (Å²) >= 11 is 1.28. The average molecular weight is 328 g/mol. The smallest absolute Gasteiger partial charge is 0.277 e. The molecule has 0 saturated heterocycles. The van der Waals surface area contributed by atoms with Crippen LogP contribution in [0, 0.1) is 0 Å². The first kappa shape index (κ1) is 18.8. The molecule has 0 bridgehead atoms. The lowest BCUT2D eigenvalue weighted by atomic mass is 10.3. The van der Waals surface area contributed by atoms with Gasteiger partial charge in [-0.2, -0.15) is 0 Å². The molecule has 1 aromatic rings. The lowest BCUT2D eigenvalue weighted by Crippen LogP contribution is -2.42. The van der Waals surface area contributed by atoms with Crippen LogP contribution < -0.4 is 16.4 Å². The summed E-state index contributed by atoms with van der Waals surface area (Å²) in [6.45, 7) is -1.51. The monoisotopic (exact) mass is 327 g/mol. The number of alkyl halides is 2. The van der Waals surface area contributed by atoms with Crippen LogP contribution in [0.15, 0.2) is 17.5 Å². The highest BCUT2D eigenvalue weighted by Gasteiger charge is 2.26. The van der Waals surface area contributed by atoms with Gasteiger partial charge in [-0.3, -0.25) is 9.59 Å². The lowest BCUT2D eigenvalue weighted by Gasteiger charge is -2.14. The predicted octanol–water partition coefficient (Wildman–Crippen LogP) is 1.000. The molecular weight excluding hydrogens is 312 g/mol. The van der Waals surface area contributed by atoms with Crippen molar-refractivity contribution < 1.29 is 18.4 Å². The topological polar surface area (TPSA) is 84.2 Å². The molecular formula is C11H16ClF2N3O2S. The minimum Gasteiger partial charge on any atom is -0.351 e. The molecule has 2 amide bonds. The molecule has 4 N–H and O–H groups in total. The molecule has 1 aromatic heterocycles. The van der Waals surface area contributed by atoms with Gasteiger partial charge in [0, 0.05) is 13.0 Å². The van der Waals surface area contributed by atoms with Crippen LogP contribution in [-0.4, -0.2) is 37.4 Å². The van der Waals surface area contributed by atoms with Crippen LogP contribution in [0.4, 0.5) is 8.78 Å². The van der Waals surface area contributed by atoms with Crippen LogP contribution in [0.25, 0.3) is 0 Å². The lowest BCUT2D eigenvalue weighted by molar-refractivity contribution is -0.122. The van der Waals surface area contributed by atoms with Crippen LogP contribution in [0.1, 0.15) is 16.1 Å². The van der Waals surface area contributed by atoms with Gasteiger partial charge < -0.3 is 16.4 Å². The van der Waals surface area contributed by atoms with E-state index in [0.29, 0.717) is 4.88 Å². The average Bonchev–Trinajstić information content (AvgIpc) is 2.90. The summed E-state index contributed by atoms with van der Waals surface area (Å²) in [7, 11) is 0. The zero-order chi connectivity index (χ0) is 14.3. The van der Waals surface area contributed by atoms with E-state index in [9.17, 15) is 18.4 Å². The molecule has 0 aromatic carbocycles. The number of nitrogens with one attached hydrogen (secondary N) is 2. The highest BCUT2D eigenvalue weighted by Crippen LogP contribution is 2.09. The SMILES string of the molecule is Cl.NCC(F)(F)CNC(=O)CCNC(=O)c1cccs1. The van der Waals surface area contributed by atoms with Gasteiger partial charge >= 0.3 is 0 Å². The van der Waals surface area contributed by atoms with Gasteiger partial charge in [0.15, 0.2) is 0 Å². The maximum atomic E-state index is 12.7. The second-order valence-electron chi connectivity index (χ2n) is 3.82. The van der Waals surface area contributed by atoms with Crippen molar-refractivity contribution in [2.75, 3.05) is 19.6 Å². The molecule has 0 aliphatic heterocycles. The van der Waals surface area contributed by atoms with Crippen LogP contribution in [0.5, 0.6) is 0 Å². The maximum absolute atomic E-state index is 12.7. The van der Waals surface area contributed by atoms with E-state index in [1.54, 1.807) is 17.5 Å². The number of halogens is 3. The quantitative estimate of drug-likeness (QED) is 0.698. The summed E-state index contributed by atoms with van der Waals surface area (Å²) in [4.78, 5) is 23.3. The van der Waals surface area contributed by atoms with Crippen molar-refractivity contribution in [3.05, 3.63) is 22.4 Å². The number of nitrogens with two attached hydrogens (primary N) is 1. The Morgan fingerprint density at radius 2 is 2.05 bits per heavy atom. The fourth-order valence-electron chi connectivity index (χ4n) is 1.17. The second kappa shape index (κ2) is 8.83. The number of amides is 2.